The van der Waals surface area contributed by atoms with Gasteiger partial charge in [0.05, 0.1) is 6.10 Å². The van der Waals surface area contributed by atoms with Crippen molar-refractivity contribution in [2.24, 2.45) is 11.7 Å². The molecular formula is C15H29NO. The highest BCUT2D eigenvalue weighted by atomic mass is 16.5. The first kappa shape index (κ1) is 14.7. The van der Waals surface area contributed by atoms with Crippen LogP contribution in [-0.4, -0.2) is 11.8 Å². The summed E-state index contributed by atoms with van der Waals surface area (Å²) in [4.78, 5) is 0. The van der Waals surface area contributed by atoms with Crippen LogP contribution in [-0.2, 0) is 4.74 Å². The van der Waals surface area contributed by atoms with E-state index in [1.54, 1.807) is 0 Å². The molecule has 1 aliphatic rings. The molecule has 1 fully saturated rings. The molecule has 0 spiro atoms. The van der Waals surface area contributed by atoms with E-state index in [0.29, 0.717) is 0 Å². The average molecular weight is 239 g/mol. The minimum Gasteiger partial charge on any atom is -0.354 e. The Morgan fingerprint density at radius 1 is 1.35 bits per heavy atom. The minimum absolute atomic E-state index is 0.232. The van der Waals surface area contributed by atoms with Crippen molar-refractivity contribution < 1.29 is 4.74 Å². The van der Waals surface area contributed by atoms with Gasteiger partial charge in [-0.1, -0.05) is 52.2 Å². The Hall–Kier alpha value is -0.340. The highest BCUT2D eigenvalue weighted by Gasteiger charge is 2.35. The second-order valence-electron chi connectivity index (χ2n) is 5.36. The Bertz CT molecular complexity index is 239. The van der Waals surface area contributed by atoms with Gasteiger partial charge < -0.3 is 10.5 Å². The van der Waals surface area contributed by atoms with Gasteiger partial charge in [-0.15, -0.1) is 0 Å². The van der Waals surface area contributed by atoms with E-state index in [1.807, 2.05) is 0 Å². The number of unbranched alkanes of at least 4 members (excludes halogenated alkanes) is 2. The molecule has 0 aromatic heterocycles. The number of ether oxygens (including phenoxy) is 1. The second-order valence-corrected chi connectivity index (χ2v) is 5.36. The molecule has 1 heterocycles. The predicted octanol–water partition coefficient (Wildman–Crippen LogP) is 4.00. The summed E-state index contributed by atoms with van der Waals surface area (Å²) in [6.07, 6.45) is 12.7. The van der Waals surface area contributed by atoms with Crippen LogP contribution in [0.3, 0.4) is 0 Å². The summed E-state index contributed by atoms with van der Waals surface area (Å²) in [5.41, 5.74) is 5.90. The first-order valence-corrected chi connectivity index (χ1v) is 7.26. The summed E-state index contributed by atoms with van der Waals surface area (Å²) in [5.74, 6) is 0.717. The molecule has 2 heteroatoms. The van der Waals surface area contributed by atoms with Gasteiger partial charge in [0, 0.05) is 0 Å². The first-order chi connectivity index (χ1) is 8.13. The van der Waals surface area contributed by atoms with E-state index in [9.17, 15) is 0 Å². The van der Waals surface area contributed by atoms with Crippen LogP contribution in [0.15, 0.2) is 12.2 Å². The van der Waals surface area contributed by atoms with Gasteiger partial charge in [-0.05, 0) is 31.6 Å². The van der Waals surface area contributed by atoms with E-state index in [4.69, 9.17) is 10.5 Å². The number of hydrogen-bond acceptors (Lipinski definition) is 2. The van der Waals surface area contributed by atoms with Crippen molar-refractivity contribution in [3.8, 4) is 0 Å². The topological polar surface area (TPSA) is 35.2 Å². The summed E-state index contributed by atoms with van der Waals surface area (Å²) in [5, 5.41) is 0. The van der Waals surface area contributed by atoms with Gasteiger partial charge in [-0.2, -0.15) is 0 Å². The quantitative estimate of drug-likeness (QED) is 0.561. The Kier molecular flexibility index (Phi) is 6.21. The van der Waals surface area contributed by atoms with Crippen LogP contribution in [0.5, 0.6) is 0 Å². The molecule has 0 bridgehead atoms. The second kappa shape index (κ2) is 7.17. The van der Waals surface area contributed by atoms with Crippen LogP contribution < -0.4 is 5.73 Å². The van der Waals surface area contributed by atoms with E-state index in [1.165, 1.54) is 19.3 Å². The summed E-state index contributed by atoms with van der Waals surface area (Å²) >= 11 is 0. The molecule has 3 unspecified atom stereocenters. The normalized spacial score (nSPS) is 34.4. The third-order valence-electron chi connectivity index (χ3n) is 3.84. The van der Waals surface area contributed by atoms with E-state index in [2.05, 4.69) is 32.9 Å². The Balaban J connectivity index is 2.51. The molecule has 1 saturated heterocycles. The van der Waals surface area contributed by atoms with Crippen LogP contribution in [0.25, 0.3) is 0 Å². The molecule has 0 saturated carbocycles. The van der Waals surface area contributed by atoms with Gasteiger partial charge in [0.25, 0.3) is 0 Å². The van der Waals surface area contributed by atoms with Crippen LogP contribution in [0.1, 0.15) is 65.7 Å². The fourth-order valence-electron chi connectivity index (χ4n) is 2.52. The van der Waals surface area contributed by atoms with Gasteiger partial charge in [-0.3, -0.25) is 0 Å². The van der Waals surface area contributed by atoms with Crippen molar-refractivity contribution in [3.05, 3.63) is 12.2 Å². The Morgan fingerprint density at radius 2 is 2.12 bits per heavy atom. The Labute approximate surface area is 107 Å². The van der Waals surface area contributed by atoms with Crippen molar-refractivity contribution in [1.82, 2.24) is 0 Å². The zero-order valence-corrected chi connectivity index (χ0v) is 11.7. The first-order valence-electron chi connectivity index (χ1n) is 7.26. The van der Waals surface area contributed by atoms with Crippen LogP contribution in [0.4, 0.5) is 0 Å². The highest BCUT2D eigenvalue weighted by molar-refractivity contribution is 4.96. The minimum atomic E-state index is -0.390. The number of nitrogens with two attached hydrogens (primary N) is 1. The molecule has 0 aromatic carbocycles. The van der Waals surface area contributed by atoms with E-state index in [0.717, 1.165) is 31.6 Å². The SMILES string of the molecule is CCCC/C=C\C1CC(CC)CC(N)(CC)O1. The summed E-state index contributed by atoms with van der Waals surface area (Å²) in [6.45, 7) is 6.60. The maximum atomic E-state index is 6.29. The smallest absolute Gasteiger partial charge is 0.117 e. The molecule has 1 aliphatic heterocycles. The molecule has 2 nitrogen and oxygen atoms in total. The lowest BCUT2D eigenvalue weighted by Crippen LogP contribution is -2.50. The third-order valence-corrected chi connectivity index (χ3v) is 3.84. The zero-order valence-electron chi connectivity index (χ0n) is 11.7. The fourth-order valence-corrected chi connectivity index (χ4v) is 2.52. The third kappa shape index (κ3) is 4.81. The van der Waals surface area contributed by atoms with Crippen molar-refractivity contribution in [3.63, 3.8) is 0 Å². The summed E-state index contributed by atoms with van der Waals surface area (Å²) < 4.78 is 6.03. The molecule has 0 radical (unpaired) electrons. The lowest BCUT2D eigenvalue weighted by molar-refractivity contribution is -0.127. The lowest BCUT2D eigenvalue weighted by Gasteiger charge is -2.41. The van der Waals surface area contributed by atoms with Crippen LogP contribution in [0, 0.1) is 5.92 Å². The summed E-state index contributed by atoms with van der Waals surface area (Å²) in [6, 6.07) is 0. The van der Waals surface area contributed by atoms with E-state index >= 15 is 0 Å². The molecule has 3 atom stereocenters. The predicted molar refractivity (Wildman–Crippen MR) is 73.8 cm³/mol. The molecule has 2 N–H and O–H groups in total. The van der Waals surface area contributed by atoms with Gasteiger partial charge >= 0.3 is 0 Å². The lowest BCUT2D eigenvalue weighted by atomic mass is 9.85. The largest absolute Gasteiger partial charge is 0.354 e. The number of rotatable bonds is 6. The average Bonchev–Trinajstić information content (AvgIpc) is 2.34. The standard InChI is InChI=1S/C15H29NO/c1-4-7-8-9-10-14-11-13(5-2)12-15(16,6-3)17-14/h9-10,13-14H,4-8,11-12,16H2,1-3H3/b10-9-. The highest BCUT2D eigenvalue weighted by Crippen LogP contribution is 2.33. The fraction of sp³-hybridized carbons (Fsp3) is 0.867. The van der Waals surface area contributed by atoms with Gasteiger partial charge in [0.2, 0.25) is 0 Å². The molecule has 100 valence electrons. The van der Waals surface area contributed by atoms with Crippen LogP contribution in [0.2, 0.25) is 0 Å². The number of hydrogen-bond donors (Lipinski definition) is 1. The molecule has 1 rings (SSSR count). The summed E-state index contributed by atoms with van der Waals surface area (Å²) in [7, 11) is 0. The molecule has 17 heavy (non-hydrogen) atoms. The monoisotopic (exact) mass is 239 g/mol. The molecule has 0 amide bonds. The van der Waals surface area contributed by atoms with E-state index in [-0.39, 0.29) is 6.10 Å². The van der Waals surface area contributed by atoms with Crippen molar-refractivity contribution in [1.29, 1.82) is 0 Å². The van der Waals surface area contributed by atoms with Crippen molar-refractivity contribution >= 4 is 0 Å². The molecular weight excluding hydrogens is 210 g/mol. The molecule has 0 aliphatic carbocycles. The maximum Gasteiger partial charge on any atom is 0.117 e. The molecule has 0 aromatic rings. The maximum absolute atomic E-state index is 6.29. The van der Waals surface area contributed by atoms with E-state index < -0.39 is 5.72 Å². The van der Waals surface area contributed by atoms with Crippen LogP contribution >= 0.6 is 0 Å². The van der Waals surface area contributed by atoms with Gasteiger partial charge in [-0.25, -0.2) is 0 Å². The van der Waals surface area contributed by atoms with Gasteiger partial charge in [0.15, 0.2) is 0 Å². The van der Waals surface area contributed by atoms with Gasteiger partial charge in [0.1, 0.15) is 5.72 Å². The zero-order chi connectivity index (χ0) is 12.7. The number of allylic oxidation sites excluding steroid dienone is 1. The Morgan fingerprint density at radius 3 is 2.71 bits per heavy atom. The van der Waals surface area contributed by atoms with Crippen molar-refractivity contribution in [2.45, 2.75) is 77.5 Å². The van der Waals surface area contributed by atoms with Crippen molar-refractivity contribution in [2.75, 3.05) is 0 Å².